The Morgan fingerprint density at radius 2 is 1.95 bits per heavy atom. The van der Waals surface area contributed by atoms with Crippen LogP contribution in [0.2, 0.25) is 0 Å². The zero-order valence-electron chi connectivity index (χ0n) is 10.9. The monoisotopic (exact) mass is 387 g/mol. The smallest absolute Gasteiger partial charge is 0.380 e. The Morgan fingerprint density at radius 3 is 2.43 bits per heavy atom. The second-order valence-electron chi connectivity index (χ2n) is 5.17. The molecular formula is C12H13BrF3NO3S. The maximum absolute atomic E-state index is 12.5. The molecule has 0 saturated heterocycles. The fourth-order valence-electron chi connectivity index (χ4n) is 2.14. The third-order valence-corrected chi connectivity index (χ3v) is 5.87. The lowest BCUT2D eigenvalue weighted by Crippen LogP contribution is -2.62. The zero-order chi connectivity index (χ0) is 16.1. The Kier molecular flexibility index (Phi) is 4.16. The average Bonchev–Trinajstić information content (AvgIpc) is 2.28. The predicted molar refractivity (Wildman–Crippen MR) is 73.2 cm³/mol. The van der Waals surface area contributed by atoms with E-state index in [1.54, 1.807) is 13.0 Å². The van der Waals surface area contributed by atoms with E-state index in [0.29, 0.717) is 5.56 Å². The van der Waals surface area contributed by atoms with Crippen LogP contribution in [-0.4, -0.2) is 31.3 Å². The van der Waals surface area contributed by atoms with Crippen molar-refractivity contribution in [1.82, 2.24) is 4.72 Å². The molecule has 9 heteroatoms. The minimum atomic E-state index is -4.75. The fourth-order valence-corrected chi connectivity index (χ4v) is 3.71. The highest BCUT2D eigenvalue weighted by Crippen LogP contribution is 2.45. The van der Waals surface area contributed by atoms with Crippen molar-refractivity contribution in [3.05, 3.63) is 28.2 Å². The lowest BCUT2D eigenvalue weighted by Gasteiger charge is -2.44. The number of sulfonamides is 1. The van der Waals surface area contributed by atoms with E-state index >= 15 is 0 Å². The SMILES string of the molecule is Cc1cc(S(=O)(=O)N[C@H]2C[C@](O)(C(F)(F)F)C2)ccc1Br. The molecule has 0 radical (unpaired) electrons. The predicted octanol–water partition coefficient (Wildman–Crippen LogP) is 2.49. The molecular weight excluding hydrogens is 375 g/mol. The van der Waals surface area contributed by atoms with Crippen molar-refractivity contribution in [2.45, 2.75) is 42.5 Å². The molecule has 1 aromatic carbocycles. The topological polar surface area (TPSA) is 66.4 Å². The molecule has 4 nitrogen and oxygen atoms in total. The van der Waals surface area contributed by atoms with Gasteiger partial charge in [-0.25, -0.2) is 13.1 Å². The van der Waals surface area contributed by atoms with E-state index in [2.05, 4.69) is 20.7 Å². The Balaban J connectivity index is 2.09. The van der Waals surface area contributed by atoms with Crippen LogP contribution in [0.25, 0.3) is 0 Å². The number of nitrogens with one attached hydrogen (secondary N) is 1. The summed E-state index contributed by atoms with van der Waals surface area (Å²) in [4.78, 5) is -0.0225. The minimum absolute atomic E-state index is 0.0225. The Hall–Kier alpha value is -0.640. The Morgan fingerprint density at radius 1 is 1.38 bits per heavy atom. The van der Waals surface area contributed by atoms with Gasteiger partial charge < -0.3 is 5.11 Å². The van der Waals surface area contributed by atoms with Crippen molar-refractivity contribution < 1.29 is 26.7 Å². The number of aryl methyl sites for hydroxylation is 1. The number of benzene rings is 1. The second kappa shape index (κ2) is 5.22. The van der Waals surface area contributed by atoms with Gasteiger partial charge in [-0.3, -0.25) is 0 Å². The molecule has 0 aliphatic heterocycles. The van der Waals surface area contributed by atoms with Crippen LogP contribution in [-0.2, 0) is 10.0 Å². The maximum atomic E-state index is 12.5. The van der Waals surface area contributed by atoms with Crippen molar-refractivity contribution in [3.8, 4) is 0 Å². The molecule has 0 unspecified atom stereocenters. The quantitative estimate of drug-likeness (QED) is 0.837. The van der Waals surface area contributed by atoms with Crippen molar-refractivity contribution in [3.63, 3.8) is 0 Å². The van der Waals surface area contributed by atoms with Gasteiger partial charge in [-0.15, -0.1) is 0 Å². The van der Waals surface area contributed by atoms with E-state index in [1.165, 1.54) is 12.1 Å². The van der Waals surface area contributed by atoms with Gasteiger partial charge >= 0.3 is 6.18 Å². The Bertz CT molecular complexity index is 654. The Labute approximate surface area is 128 Å². The van der Waals surface area contributed by atoms with Crippen LogP contribution < -0.4 is 4.72 Å². The molecule has 2 N–H and O–H groups in total. The molecule has 0 spiro atoms. The number of rotatable bonds is 3. The summed E-state index contributed by atoms with van der Waals surface area (Å²) < 4.78 is 64.5. The summed E-state index contributed by atoms with van der Waals surface area (Å²) in [6.07, 6.45) is -6.10. The molecule has 1 aromatic rings. The van der Waals surface area contributed by atoms with Gasteiger partial charge in [-0.2, -0.15) is 13.2 Å². The van der Waals surface area contributed by atoms with Crippen LogP contribution in [0.3, 0.4) is 0 Å². The van der Waals surface area contributed by atoms with Crippen LogP contribution in [0.1, 0.15) is 18.4 Å². The largest absolute Gasteiger partial charge is 0.417 e. The molecule has 1 aliphatic rings. The first-order valence-electron chi connectivity index (χ1n) is 6.02. The lowest BCUT2D eigenvalue weighted by atomic mass is 9.76. The number of hydrogen-bond donors (Lipinski definition) is 2. The highest BCUT2D eigenvalue weighted by atomic mass is 79.9. The summed E-state index contributed by atoms with van der Waals surface area (Å²) in [7, 11) is -3.90. The molecule has 0 atom stereocenters. The lowest BCUT2D eigenvalue weighted by molar-refractivity contribution is -0.290. The molecule has 0 heterocycles. The van der Waals surface area contributed by atoms with Gasteiger partial charge in [-0.05, 0) is 30.7 Å². The van der Waals surface area contributed by atoms with Gasteiger partial charge in [0.1, 0.15) is 0 Å². The first-order chi connectivity index (χ1) is 9.45. The minimum Gasteiger partial charge on any atom is -0.380 e. The van der Waals surface area contributed by atoms with Crippen molar-refractivity contribution in [2.24, 2.45) is 0 Å². The van der Waals surface area contributed by atoms with Gasteiger partial charge in [0, 0.05) is 23.4 Å². The number of alkyl halides is 3. The number of aliphatic hydroxyl groups is 1. The molecule has 2 rings (SSSR count). The second-order valence-corrected chi connectivity index (χ2v) is 7.74. The summed E-state index contributed by atoms with van der Waals surface area (Å²) in [6.45, 7) is 1.70. The number of halogens is 4. The highest BCUT2D eigenvalue weighted by Gasteiger charge is 2.61. The maximum Gasteiger partial charge on any atom is 0.417 e. The van der Waals surface area contributed by atoms with E-state index in [1.807, 2.05) is 0 Å². The van der Waals surface area contributed by atoms with Gasteiger partial charge in [0.25, 0.3) is 0 Å². The molecule has 0 amide bonds. The summed E-state index contributed by atoms with van der Waals surface area (Å²) in [6, 6.07) is 3.40. The summed E-state index contributed by atoms with van der Waals surface area (Å²) in [5.41, 5.74) is -2.10. The van der Waals surface area contributed by atoms with E-state index in [4.69, 9.17) is 0 Å². The van der Waals surface area contributed by atoms with Gasteiger partial charge in [0.15, 0.2) is 5.60 Å². The van der Waals surface area contributed by atoms with Gasteiger partial charge in [0.05, 0.1) is 4.90 Å². The summed E-state index contributed by atoms with van der Waals surface area (Å²) in [5, 5.41) is 9.30. The van der Waals surface area contributed by atoms with Crippen LogP contribution in [0.4, 0.5) is 13.2 Å². The van der Waals surface area contributed by atoms with Crippen molar-refractivity contribution >= 4 is 26.0 Å². The third kappa shape index (κ3) is 3.25. The highest BCUT2D eigenvalue weighted by molar-refractivity contribution is 9.10. The van der Waals surface area contributed by atoms with E-state index < -0.39 is 40.7 Å². The van der Waals surface area contributed by atoms with Crippen LogP contribution in [0.5, 0.6) is 0 Å². The molecule has 1 saturated carbocycles. The number of hydrogen-bond acceptors (Lipinski definition) is 3. The average molecular weight is 388 g/mol. The van der Waals surface area contributed by atoms with E-state index in [0.717, 1.165) is 4.47 Å². The van der Waals surface area contributed by atoms with Crippen molar-refractivity contribution in [1.29, 1.82) is 0 Å². The summed E-state index contributed by atoms with van der Waals surface area (Å²) >= 11 is 3.24. The zero-order valence-corrected chi connectivity index (χ0v) is 13.3. The van der Waals surface area contributed by atoms with E-state index in [-0.39, 0.29) is 4.90 Å². The van der Waals surface area contributed by atoms with Gasteiger partial charge in [-0.1, -0.05) is 15.9 Å². The van der Waals surface area contributed by atoms with Crippen LogP contribution in [0.15, 0.2) is 27.6 Å². The standard InChI is InChI=1S/C12H13BrF3NO3S/c1-7-4-9(2-3-10(7)13)21(19,20)17-8-5-11(18,6-8)12(14,15)16/h2-4,8,17-18H,5-6H2,1H3/t8-,11+. The molecule has 0 aromatic heterocycles. The molecule has 21 heavy (non-hydrogen) atoms. The first-order valence-corrected chi connectivity index (χ1v) is 8.30. The van der Waals surface area contributed by atoms with Crippen LogP contribution in [0, 0.1) is 6.92 Å². The molecule has 1 fully saturated rings. The van der Waals surface area contributed by atoms with E-state index in [9.17, 15) is 26.7 Å². The fraction of sp³-hybridized carbons (Fsp3) is 0.500. The molecule has 118 valence electrons. The first kappa shape index (κ1) is 16.7. The van der Waals surface area contributed by atoms with Gasteiger partial charge in [0.2, 0.25) is 10.0 Å². The third-order valence-electron chi connectivity index (χ3n) is 3.46. The molecule has 1 aliphatic carbocycles. The van der Waals surface area contributed by atoms with Crippen molar-refractivity contribution in [2.75, 3.05) is 0 Å². The molecule has 0 bridgehead atoms. The van der Waals surface area contributed by atoms with Crippen LogP contribution >= 0.6 is 15.9 Å². The summed E-state index contributed by atoms with van der Waals surface area (Å²) in [5.74, 6) is 0. The normalized spacial score (nSPS) is 26.5.